The molecule has 4 heteroatoms. The first-order valence-corrected chi connectivity index (χ1v) is 5.51. The average molecular weight is 236 g/mol. The number of carbonyl (C=O) groups is 1. The fourth-order valence-electron chi connectivity index (χ4n) is 1.37. The van der Waals surface area contributed by atoms with Crippen LogP contribution in [0.25, 0.3) is 0 Å². The summed E-state index contributed by atoms with van der Waals surface area (Å²) in [7, 11) is 3.42. The molecule has 0 fully saturated rings. The Balaban J connectivity index is 3.17. The molecule has 0 saturated carbocycles. The third kappa shape index (κ3) is 3.66. The number of nitrogens with zero attached hydrogens (tertiary/aromatic N) is 1. The molecule has 0 aliphatic rings. The van der Waals surface area contributed by atoms with Gasteiger partial charge in [0.25, 0.3) is 5.91 Å². The molecule has 1 aromatic carbocycles. The number of hydrogen-bond acceptors (Lipinski definition) is 3. The van der Waals surface area contributed by atoms with Gasteiger partial charge in [-0.25, -0.2) is 0 Å². The zero-order chi connectivity index (χ0) is 13.2. The van der Waals surface area contributed by atoms with Crippen molar-refractivity contribution >= 4 is 11.6 Å². The molecule has 0 radical (unpaired) electrons. The number of amides is 1. The van der Waals surface area contributed by atoms with Crippen LogP contribution in [0.15, 0.2) is 18.2 Å². The number of carbonyl (C=O) groups excluding carboxylic acids is 1. The van der Waals surface area contributed by atoms with Gasteiger partial charge >= 0.3 is 0 Å². The Bertz CT molecular complexity index is 420. The van der Waals surface area contributed by atoms with Gasteiger partial charge < -0.3 is 15.4 Å². The smallest absolute Gasteiger partial charge is 0.257 e. The largest absolute Gasteiger partial charge is 0.487 e. The topological polar surface area (TPSA) is 55.6 Å². The van der Waals surface area contributed by atoms with E-state index in [0.29, 0.717) is 17.0 Å². The first-order chi connectivity index (χ1) is 7.70. The standard InChI is InChI=1S/C13H20N2O2/c1-13(2,3)17-11-8-9(14)6-7-10(11)12(16)15(4)5/h6-8H,14H2,1-5H3. The highest BCUT2D eigenvalue weighted by atomic mass is 16.5. The molecular weight excluding hydrogens is 216 g/mol. The lowest BCUT2D eigenvalue weighted by molar-refractivity contribution is 0.0810. The number of rotatable bonds is 2. The molecule has 4 nitrogen and oxygen atoms in total. The molecule has 0 bridgehead atoms. The first-order valence-electron chi connectivity index (χ1n) is 5.51. The Morgan fingerprint density at radius 3 is 2.35 bits per heavy atom. The molecule has 2 N–H and O–H groups in total. The predicted octanol–water partition coefficient (Wildman–Crippen LogP) is 2.15. The van der Waals surface area contributed by atoms with E-state index in [1.807, 2.05) is 20.8 Å². The maximum Gasteiger partial charge on any atom is 0.257 e. The van der Waals surface area contributed by atoms with E-state index in [4.69, 9.17) is 10.5 Å². The summed E-state index contributed by atoms with van der Waals surface area (Å²) >= 11 is 0. The van der Waals surface area contributed by atoms with Crippen LogP contribution in [0.2, 0.25) is 0 Å². The highest BCUT2D eigenvalue weighted by Crippen LogP contribution is 2.26. The van der Waals surface area contributed by atoms with Crippen LogP contribution in [0, 0.1) is 0 Å². The van der Waals surface area contributed by atoms with Crippen molar-refractivity contribution in [3.8, 4) is 5.75 Å². The molecule has 0 heterocycles. The van der Waals surface area contributed by atoms with Gasteiger partial charge in [-0.15, -0.1) is 0 Å². The van der Waals surface area contributed by atoms with Crippen LogP contribution < -0.4 is 10.5 Å². The Kier molecular flexibility index (Phi) is 3.66. The number of hydrogen-bond donors (Lipinski definition) is 1. The van der Waals surface area contributed by atoms with Gasteiger partial charge in [0.05, 0.1) is 5.56 Å². The van der Waals surface area contributed by atoms with E-state index in [9.17, 15) is 4.79 Å². The molecule has 0 aliphatic heterocycles. The fraction of sp³-hybridized carbons (Fsp3) is 0.462. The Morgan fingerprint density at radius 2 is 1.88 bits per heavy atom. The highest BCUT2D eigenvalue weighted by Gasteiger charge is 2.19. The molecule has 1 rings (SSSR count). The van der Waals surface area contributed by atoms with Crippen LogP contribution in [0.1, 0.15) is 31.1 Å². The van der Waals surface area contributed by atoms with Crippen LogP contribution in [-0.4, -0.2) is 30.5 Å². The normalized spacial score (nSPS) is 11.1. The van der Waals surface area contributed by atoms with Gasteiger partial charge in [-0.2, -0.15) is 0 Å². The van der Waals surface area contributed by atoms with Crippen molar-refractivity contribution in [2.75, 3.05) is 19.8 Å². The predicted molar refractivity (Wildman–Crippen MR) is 69.3 cm³/mol. The van der Waals surface area contributed by atoms with E-state index in [-0.39, 0.29) is 11.5 Å². The van der Waals surface area contributed by atoms with Gasteiger partial charge in [0.15, 0.2) is 0 Å². The minimum Gasteiger partial charge on any atom is -0.487 e. The molecule has 0 saturated heterocycles. The van der Waals surface area contributed by atoms with Gasteiger partial charge in [-0.05, 0) is 32.9 Å². The third-order valence-corrected chi connectivity index (χ3v) is 2.06. The van der Waals surface area contributed by atoms with Crippen LogP contribution >= 0.6 is 0 Å². The lowest BCUT2D eigenvalue weighted by atomic mass is 10.1. The third-order valence-electron chi connectivity index (χ3n) is 2.06. The summed E-state index contributed by atoms with van der Waals surface area (Å²) in [4.78, 5) is 13.5. The second-order valence-electron chi connectivity index (χ2n) is 5.17. The summed E-state index contributed by atoms with van der Waals surface area (Å²) in [6.45, 7) is 5.79. The SMILES string of the molecule is CN(C)C(=O)c1ccc(N)cc1OC(C)(C)C. The molecule has 1 amide bonds. The van der Waals surface area contributed by atoms with Crippen molar-refractivity contribution in [2.45, 2.75) is 26.4 Å². The minimum atomic E-state index is -0.366. The molecule has 0 atom stereocenters. The molecule has 1 aromatic rings. The summed E-state index contributed by atoms with van der Waals surface area (Å²) in [5, 5.41) is 0. The Hall–Kier alpha value is -1.71. The van der Waals surface area contributed by atoms with Crippen molar-refractivity contribution in [2.24, 2.45) is 0 Å². The minimum absolute atomic E-state index is 0.0933. The van der Waals surface area contributed by atoms with Crippen molar-refractivity contribution in [3.63, 3.8) is 0 Å². The monoisotopic (exact) mass is 236 g/mol. The second-order valence-corrected chi connectivity index (χ2v) is 5.17. The lowest BCUT2D eigenvalue weighted by Gasteiger charge is -2.24. The van der Waals surface area contributed by atoms with E-state index in [1.54, 1.807) is 32.3 Å². The summed E-state index contributed by atoms with van der Waals surface area (Å²) in [6.07, 6.45) is 0. The van der Waals surface area contributed by atoms with E-state index in [0.717, 1.165) is 0 Å². The first kappa shape index (κ1) is 13.4. The Labute approximate surface area is 102 Å². The number of nitrogen functional groups attached to an aromatic ring is 1. The molecule has 17 heavy (non-hydrogen) atoms. The van der Waals surface area contributed by atoms with Crippen molar-refractivity contribution < 1.29 is 9.53 Å². The molecule has 0 spiro atoms. The molecular formula is C13H20N2O2. The molecule has 0 aromatic heterocycles. The Morgan fingerprint density at radius 1 is 1.29 bits per heavy atom. The van der Waals surface area contributed by atoms with E-state index in [2.05, 4.69) is 0 Å². The van der Waals surface area contributed by atoms with Gasteiger partial charge in [0.1, 0.15) is 11.4 Å². The maximum absolute atomic E-state index is 12.0. The molecule has 0 unspecified atom stereocenters. The van der Waals surface area contributed by atoms with Gasteiger partial charge in [0.2, 0.25) is 0 Å². The summed E-state index contributed by atoms with van der Waals surface area (Å²) in [6, 6.07) is 5.08. The van der Waals surface area contributed by atoms with Crippen LogP contribution in [0.5, 0.6) is 5.75 Å². The summed E-state index contributed by atoms with van der Waals surface area (Å²) < 4.78 is 5.76. The number of nitrogens with two attached hydrogens (primary N) is 1. The number of anilines is 1. The van der Waals surface area contributed by atoms with Crippen LogP contribution in [0.3, 0.4) is 0 Å². The lowest BCUT2D eigenvalue weighted by Crippen LogP contribution is -2.27. The fourth-order valence-corrected chi connectivity index (χ4v) is 1.37. The maximum atomic E-state index is 12.0. The highest BCUT2D eigenvalue weighted by molar-refractivity contribution is 5.97. The molecule has 0 aliphatic carbocycles. The summed E-state index contributed by atoms with van der Waals surface area (Å²) in [5.41, 5.74) is 6.46. The molecule has 94 valence electrons. The number of ether oxygens (including phenoxy) is 1. The van der Waals surface area contributed by atoms with Gasteiger partial charge in [0, 0.05) is 25.8 Å². The second kappa shape index (κ2) is 4.65. The van der Waals surface area contributed by atoms with Gasteiger partial charge in [-0.1, -0.05) is 0 Å². The van der Waals surface area contributed by atoms with Crippen LogP contribution in [0.4, 0.5) is 5.69 Å². The van der Waals surface area contributed by atoms with E-state index >= 15 is 0 Å². The quantitative estimate of drug-likeness (QED) is 0.800. The van der Waals surface area contributed by atoms with Crippen molar-refractivity contribution in [1.82, 2.24) is 4.90 Å². The van der Waals surface area contributed by atoms with Gasteiger partial charge in [-0.3, -0.25) is 4.79 Å². The zero-order valence-electron chi connectivity index (χ0n) is 11.1. The average Bonchev–Trinajstić information content (AvgIpc) is 2.14. The van der Waals surface area contributed by atoms with E-state index in [1.165, 1.54) is 4.90 Å². The number of benzene rings is 1. The summed E-state index contributed by atoms with van der Waals surface area (Å²) in [5.74, 6) is 0.431. The van der Waals surface area contributed by atoms with Crippen molar-refractivity contribution in [1.29, 1.82) is 0 Å². The van der Waals surface area contributed by atoms with E-state index < -0.39 is 0 Å². The zero-order valence-corrected chi connectivity index (χ0v) is 11.1. The van der Waals surface area contributed by atoms with Crippen molar-refractivity contribution in [3.05, 3.63) is 23.8 Å². The van der Waals surface area contributed by atoms with Crippen LogP contribution in [-0.2, 0) is 0 Å².